The number of nitriles is 1. The Labute approximate surface area is 200 Å². The number of rotatable bonds is 6. The molecule has 5 rings (SSSR count). The molecule has 1 aliphatic rings. The summed E-state index contributed by atoms with van der Waals surface area (Å²) in [5.41, 5.74) is 3.50. The molecule has 1 aliphatic heterocycles. The van der Waals surface area contributed by atoms with E-state index in [0.717, 1.165) is 43.4 Å². The first-order valence-electron chi connectivity index (χ1n) is 11.4. The summed E-state index contributed by atoms with van der Waals surface area (Å²) >= 11 is 0. The van der Waals surface area contributed by atoms with Crippen molar-refractivity contribution < 1.29 is 13.5 Å². The minimum Gasteiger partial charge on any atom is -0.471 e. The fourth-order valence-corrected chi connectivity index (χ4v) is 4.45. The maximum Gasteiger partial charge on any atom is 0.265 e. The third kappa shape index (κ3) is 4.33. The van der Waals surface area contributed by atoms with Gasteiger partial charge in [0.05, 0.1) is 17.9 Å². The van der Waals surface area contributed by atoms with Gasteiger partial charge in [0.25, 0.3) is 6.43 Å². The molecule has 1 fully saturated rings. The van der Waals surface area contributed by atoms with Crippen LogP contribution in [0.4, 0.5) is 8.78 Å². The van der Waals surface area contributed by atoms with E-state index in [0.29, 0.717) is 28.5 Å². The second kappa shape index (κ2) is 9.38. The van der Waals surface area contributed by atoms with Crippen molar-refractivity contribution in [3.8, 4) is 23.2 Å². The monoisotopic (exact) mass is 478 g/mol. The highest BCUT2D eigenvalue weighted by Crippen LogP contribution is 2.32. The number of halogens is 2. The fourth-order valence-electron chi connectivity index (χ4n) is 4.45. The molecule has 0 aliphatic carbocycles. The highest BCUT2D eigenvalue weighted by Gasteiger charge is 2.23. The molecule has 11 heteroatoms. The van der Waals surface area contributed by atoms with Crippen LogP contribution in [0.3, 0.4) is 0 Å². The quantitative estimate of drug-likeness (QED) is 0.443. The zero-order chi connectivity index (χ0) is 24.5. The van der Waals surface area contributed by atoms with Gasteiger partial charge >= 0.3 is 0 Å². The van der Waals surface area contributed by atoms with E-state index in [9.17, 15) is 14.0 Å². The second-order valence-electron chi connectivity index (χ2n) is 8.59. The van der Waals surface area contributed by atoms with E-state index in [-0.39, 0.29) is 11.6 Å². The van der Waals surface area contributed by atoms with Crippen LogP contribution in [0.5, 0.6) is 5.88 Å². The van der Waals surface area contributed by atoms with Crippen molar-refractivity contribution in [2.24, 2.45) is 0 Å². The van der Waals surface area contributed by atoms with Crippen LogP contribution in [0.25, 0.3) is 16.9 Å². The molecule has 35 heavy (non-hydrogen) atoms. The Morgan fingerprint density at radius 2 is 1.91 bits per heavy atom. The van der Waals surface area contributed by atoms with Crippen molar-refractivity contribution in [2.75, 3.05) is 13.1 Å². The summed E-state index contributed by atoms with van der Waals surface area (Å²) in [5.74, 6) is 0.345. The minimum absolute atomic E-state index is 0.178. The molecule has 180 valence electrons. The Bertz CT molecular complexity index is 1400. The first-order chi connectivity index (χ1) is 17.0. The van der Waals surface area contributed by atoms with Crippen LogP contribution in [0.1, 0.15) is 60.9 Å². The fraction of sp³-hybridized carbons (Fsp3) is 0.375. The van der Waals surface area contributed by atoms with E-state index in [4.69, 9.17) is 4.74 Å². The Kier molecular flexibility index (Phi) is 6.13. The Morgan fingerprint density at radius 1 is 1.14 bits per heavy atom. The molecule has 9 nitrogen and oxygen atoms in total. The summed E-state index contributed by atoms with van der Waals surface area (Å²) < 4.78 is 36.1. The zero-order valence-electron chi connectivity index (χ0n) is 19.3. The number of ether oxygens (including phenoxy) is 1. The predicted octanol–water partition coefficient (Wildman–Crippen LogP) is 4.17. The lowest BCUT2D eigenvalue weighted by Gasteiger charge is -2.23. The lowest BCUT2D eigenvalue weighted by atomic mass is 10.1. The summed E-state index contributed by atoms with van der Waals surface area (Å²) in [6, 6.07) is 7.38. The van der Waals surface area contributed by atoms with Crippen molar-refractivity contribution in [3.05, 3.63) is 59.3 Å². The molecule has 0 amide bonds. The van der Waals surface area contributed by atoms with Crippen LogP contribution < -0.4 is 10.1 Å². The summed E-state index contributed by atoms with van der Waals surface area (Å²) in [5, 5.41) is 21.8. The largest absolute Gasteiger partial charge is 0.471 e. The molecular weight excluding hydrogens is 454 g/mol. The molecule has 1 saturated heterocycles. The van der Waals surface area contributed by atoms with Gasteiger partial charge in [0.15, 0.2) is 0 Å². The maximum atomic E-state index is 13.2. The van der Waals surface area contributed by atoms with Gasteiger partial charge in [0.2, 0.25) is 5.88 Å². The molecule has 1 unspecified atom stereocenters. The third-order valence-corrected chi connectivity index (χ3v) is 6.34. The topological polar surface area (TPSA) is 106 Å². The number of aromatic nitrogens is 6. The third-order valence-electron chi connectivity index (χ3n) is 6.34. The van der Waals surface area contributed by atoms with E-state index >= 15 is 0 Å². The van der Waals surface area contributed by atoms with E-state index in [1.54, 1.807) is 17.4 Å². The summed E-state index contributed by atoms with van der Waals surface area (Å²) in [4.78, 5) is 8.29. The minimum atomic E-state index is -2.63. The number of hydrogen-bond acceptors (Lipinski definition) is 7. The van der Waals surface area contributed by atoms with Crippen molar-refractivity contribution in [1.82, 2.24) is 34.7 Å². The predicted molar refractivity (Wildman–Crippen MR) is 123 cm³/mol. The van der Waals surface area contributed by atoms with Gasteiger partial charge in [-0.2, -0.15) is 5.26 Å². The van der Waals surface area contributed by atoms with Crippen molar-refractivity contribution >= 4 is 5.65 Å². The van der Waals surface area contributed by atoms with Crippen LogP contribution in [0.2, 0.25) is 0 Å². The molecule has 4 aromatic heterocycles. The lowest BCUT2D eigenvalue weighted by molar-refractivity contribution is 0.150. The Hall–Kier alpha value is -3.91. The molecular formula is C24H24F2N8O. The van der Waals surface area contributed by atoms with Gasteiger partial charge in [-0.3, -0.25) is 9.38 Å². The van der Waals surface area contributed by atoms with Gasteiger partial charge in [-0.1, -0.05) is 5.21 Å². The average molecular weight is 479 g/mol. The molecule has 0 bridgehead atoms. The molecule has 0 radical (unpaired) electrons. The second-order valence-corrected chi connectivity index (χ2v) is 8.59. The van der Waals surface area contributed by atoms with Gasteiger partial charge < -0.3 is 10.1 Å². The Morgan fingerprint density at radius 3 is 2.66 bits per heavy atom. The van der Waals surface area contributed by atoms with Gasteiger partial charge in [-0.25, -0.2) is 18.4 Å². The van der Waals surface area contributed by atoms with Crippen molar-refractivity contribution in [2.45, 2.75) is 45.3 Å². The number of fused-ring (bicyclic) bond motifs is 1. The summed E-state index contributed by atoms with van der Waals surface area (Å²) in [6.07, 6.45) is 2.81. The van der Waals surface area contributed by atoms with Crippen LogP contribution >= 0.6 is 0 Å². The Balaban J connectivity index is 1.54. The normalized spacial score (nSPS) is 15.4. The summed E-state index contributed by atoms with van der Waals surface area (Å²) in [7, 11) is 0. The SMILES string of the molecule is Cc1c(-c2cc(OC(C)c3cncc(C(F)F)c3)n3c(C#N)cnc3c2)nnn1C1CCNCC1. The highest BCUT2D eigenvalue weighted by atomic mass is 19.3. The first kappa shape index (κ1) is 22.9. The zero-order valence-corrected chi connectivity index (χ0v) is 19.3. The van der Waals surface area contributed by atoms with E-state index < -0.39 is 12.5 Å². The van der Waals surface area contributed by atoms with E-state index in [1.165, 1.54) is 18.5 Å². The van der Waals surface area contributed by atoms with Crippen LogP contribution in [0, 0.1) is 18.3 Å². The molecule has 0 aromatic carbocycles. The molecule has 1 N–H and O–H groups in total. The van der Waals surface area contributed by atoms with Gasteiger partial charge in [0.1, 0.15) is 29.2 Å². The number of nitrogens with zero attached hydrogens (tertiary/aromatic N) is 7. The number of pyridine rings is 2. The van der Waals surface area contributed by atoms with Crippen LogP contribution in [-0.4, -0.2) is 42.5 Å². The molecule has 0 saturated carbocycles. The van der Waals surface area contributed by atoms with E-state index in [2.05, 4.69) is 31.7 Å². The number of alkyl halides is 2. The van der Waals surface area contributed by atoms with Crippen LogP contribution in [0.15, 0.2) is 36.8 Å². The molecule has 4 aromatic rings. The van der Waals surface area contributed by atoms with Gasteiger partial charge in [0, 0.05) is 35.2 Å². The van der Waals surface area contributed by atoms with Gasteiger partial charge in [-0.05, 0) is 51.9 Å². The van der Waals surface area contributed by atoms with E-state index in [1.807, 2.05) is 17.7 Å². The standard InChI is InChI=1S/C24H24F2N8O/c1-14-23(31-32-34(14)19-3-5-28-6-4-19)16-8-21-30-13-20(10-27)33(21)22(9-16)35-15(2)17-7-18(24(25)26)12-29-11-17/h7-9,11-13,15,19,24,28H,3-6H2,1-2H3. The van der Waals surface area contributed by atoms with Crippen LogP contribution in [-0.2, 0) is 0 Å². The number of hydrogen-bond donors (Lipinski definition) is 1. The molecule has 0 spiro atoms. The summed E-state index contributed by atoms with van der Waals surface area (Å²) in [6.45, 7) is 5.60. The van der Waals surface area contributed by atoms with Gasteiger partial charge in [-0.15, -0.1) is 5.10 Å². The first-order valence-corrected chi connectivity index (χ1v) is 11.4. The lowest BCUT2D eigenvalue weighted by Crippen LogP contribution is -2.30. The number of piperidine rings is 1. The smallest absolute Gasteiger partial charge is 0.265 e. The molecule has 5 heterocycles. The number of imidazole rings is 1. The highest BCUT2D eigenvalue weighted by molar-refractivity contribution is 5.68. The molecule has 1 atom stereocenters. The maximum absolute atomic E-state index is 13.2. The van der Waals surface area contributed by atoms with Crippen molar-refractivity contribution in [1.29, 1.82) is 5.26 Å². The average Bonchev–Trinajstić information content (AvgIpc) is 3.47. The van der Waals surface area contributed by atoms with Crippen molar-refractivity contribution in [3.63, 3.8) is 0 Å². The number of nitrogens with one attached hydrogen (secondary N) is 1.